The van der Waals surface area contributed by atoms with Gasteiger partial charge in [-0.3, -0.25) is 14.3 Å². The van der Waals surface area contributed by atoms with Crippen LogP contribution in [0.15, 0.2) is 30.6 Å². The lowest BCUT2D eigenvalue weighted by Crippen LogP contribution is -2.46. The van der Waals surface area contributed by atoms with Crippen molar-refractivity contribution in [2.24, 2.45) is 24.8 Å². The number of rotatable bonds is 8. The predicted octanol–water partition coefficient (Wildman–Crippen LogP) is 3.25. The highest BCUT2D eigenvalue weighted by molar-refractivity contribution is 6.03. The van der Waals surface area contributed by atoms with Gasteiger partial charge in [0.05, 0.1) is 17.5 Å². The van der Waals surface area contributed by atoms with Crippen LogP contribution < -0.4 is 21.3 Å². The molecule has 4 amide bonds. The third-order valence-electron chi connectivity index (χ3n) is 9.76. The summed E-state index contributed by atoms with van der Waals surface area (Å²) in [6.07, 6.45) is -2.23. The van der Waals surface area contributed by atoms with Gasteiger partial charge >= 0.3 is 12.2 Å². The SMILES string of the molecule is Cc1cc(NC(=O)c2ncc(-c3cn(CC4CC4(F)F)nc3C(F)(F)F)n2C)ccc1C(=O)N[C@H]1[C@@H]2CN(C(=O)N[C@H]3CCNC3)C[C@@H]21. The lowest BCUT2D eigenvalue weighted by atomic mass is 10.1. The number of carbonyl (C=O) groups excluding carboxylic acids is 3. The summed E-state index contributed by atoms with van der Waals surface area (Å²) in [5.41, 5.74) is -0.364. The van der Waals surface area contributed by atoms with Gasteiger partial charge in [0, 0.05) is 86.9 Å². The molecule has 4 heterocycles. The Balaban J connectivity index is 0.967. The standard InChI is InChI=1S/C31H34F5N9O3/c1-15-7-17(3-4-19(15)27(46)41-24-20-12-44(13-21(20)24)29(48)40-18-5-6-37-9-18)39-28(47)26-38-10-23(43(26)2)22-14-45(11-16-8-30(16,32)33)42-25(22)31(34,35)36/h3-4,7,10,14,16,18,20-21,24,37H,5-6,8-9,11-13H2,1-2H3,(H,39,47)(H,40,48)(H,41,46)/t16?,18-,20-,21+,24+/m0/s1. The van der Waals surface area contributed by atoms with Gasteiger partial charge in [-0.15, -0.1) is 0 Å². The van der Waals surface area contributed by atoms with E-state index in [9.17, 15) is 36.3 Å². The van der Waals surface area contributed by atoms with Crippen molar-refractivity contribution in [3.05, 3.63) is 53.2 Å². The van der Waals surface area contributed by atoms with Crippen LogP contribution >= 0.6 is 0 Å². The Kier molecular flexibility index (Phi) is 7.71. The molecule has 1 aromatic carbocycles. The number of imidazole rings is 1. The van der Waals surface area contributed by atoms with Gasteiger partial charge < -0.3 is 30.7 Å². The van der Waals surface area contributed by atoms with Gasteiger partial charge in [-0.1, -0.05) is 0 Å². The largest absolute Gasteiger partial charge is 0.435 e. The van der Waals surface area contributed by atoms with E-state index in [1.54, 1.807) is 30.0 Å². The highest BCUT2D eigenvalue weighted by Crippen LogP contribution is 2.50. The molecule has 2 aromatic heterocycles. The fourth-order valence-corrected chi connectivity index (χ4v) is 6.84. The zero-order chi connectivity index (χ0) is 34.1. The molecule has 0 spiro atoms. The zero-order valence-electron chi connectivity index (χ0n) is 26.1. The Morgan fingerprint density at radius 2 is 1.83 bits per heavy atom. The van der Waals surface area contributed by atoms with Gasteiger partial charge in [-0.25, -0.2) is 18.6 Å². The Bertz CT molecular complexity index is 1770. The van der Waals surface area contributed by atoms with Gasteiger partial charge in [0.2, 0.25) is 0 Å². The van der Waals surface area contributed by atoms with Gasteiger partial charge in [0.1, 0.15) is 0 Å². The van der Waals surface area contributed by atoms with Crippen molar-refractivity contribution >= 4 is 23.5 Å². The normalized spacial score (nSPS) is 25.5. The van der Waals surface area contributed by atoms with Crippen LogP contribution in [0.1, 0.15) is 45.1 Å². The summed E-state index contributed by atoms with van der Waals surface area (Å²) < 4.78 is 70.3. The minimum atomic E-state index is -4.87. The van der Waals surface area contributed by atoms with E-state index >= 15 is 0 Å². The van der Waals surface area contributed by atoms with Crippen LogP contribution in [0.5, 0.6) is 0 Å². The molecule has 0 radical (unpaired) electrons. The predicted molar refractivity (Wildman–Crippen MR) is 161 cm³/mol. The number of piperidine rings is 1. The second-order valence-corrected chi connectivity index (χ2v) is 13.2. The minimum Gasteiger partial charge on any atom is -0.349 e. The van der Waals surface area contributed by atoms with Crippen molar-refractivity contribution in [1.29, 1.82) is 0 Å². The number of aryl methyl sites for hydroxylation is 1. The van der Waals surface area contributed by atoms with Crippen LogP contribution in [0, 0.1) is 24.7 Å². The number of carbonyl (C=O) groups is 3. The van der Waals surface area contributed by atoms with Crippen LogP contribution in [0.2, 0.25) is 0 Å². The second-order valence-electron chi connectivity index (χ2n) is 13.2. The van der Waals surface area contributed by atoms with E-state index in [2.05, 4.69) is 31.3 Å². The maximum atomic E-state index is 13.8. The molecule has 4 aliphatic rings. The molecule has 5 atom stereocenters. The van der Waals surface area contributed by atoms with E-state index in [-0.39, 0.29) is 59.5 Å². The summed E-state index contributed by atoms with van der Waals surface area (Å²) in [4.78, 5) is 44.6. The number of halogens is 5. The maximum absolute atomic E-state index is 13.8. The Labute approximate surface area is 271 Å². The van der Waals surface area contributed by atoms with Crippen molar-refractivity contribution in [1.82, 2.24) is 40.2 Å². The van der Waals surface area contributed by atoms with Gasteiger partial charge in [-0.2, -0.15) is 18.3 Å². The molecule has 48 heavy (non-hydrogen) atoms. The van der Waals surface area contributed by atoms with Crippen LogP contribution in [-0.4, -0.2) is 86.3 Å². The average molecular weight is 676 g/mol. The van der Waals surface area contributed by atoms with Gasteiger partial charge in [0.25, 0.3) is 17.7 Å². The number of urea groups is 1. The molecule has 3 aromatic rings. The summed E-state index contributed by atoms with van der Waals surface area (Å²) in [5, 5.41) is 15.5. The molecule has 17 heteroatoms. The molecule has 4 N–H and O–H groups in total. The third kappa shape index (κ3) is 6.10. The number of hydrogen-bond donors (Lipinski definition) is 4. The first kappa shape index (κ1) is 32.0. The lowest BCUT2D eigenvalue weighted by molar-refractivity contribution is -0.141. The van der Waals surface area contributed by atoms with E-state index in [1.807, 2.05) is 0 Å². The molecule has 256 valence electrons. The molecular weight excluding hydrogens is 641 g/mol. The Morgan fingerprint density at radius 1 is 1.10 bits per heavy atom. The molecule has 2 aliphatic carbocycles. The molecule has 4 fully saturated rings. The molecule has 2 saturated carbocycles. The molecule has 2 aliphatic heterocycles. The number of amides is 4. The number of benzene rings is 1. The van der Waals surface area contributed by atoms with Crippen molar-refractivity contribution in [2.45, 2.75) is 50.5 Å². The number of hydrogen-bond acceptors (Lipinski definition) is 6. The van der Waals surface area contributed by atoms with Gasteiger partial charge in [0.15, 0.2) is 11.5 Å². The molecule has 7 rings (SSSR count). The number of nitrogens with zero attached hydrogens (tertiary/aromatic N) is 5. The molecular formula is C31H34F5N9O3. The minimum absolute atomic E-state index is 0.0225. The van der Waals surface area contributed by atoms with Crippen LogP contribution in [0.25, 0.3) is 11.3 Å². The van der Waals surface area contributed by atoms with E-state index in [0.717, 1.165) is 36.6 Å². The van der Waals surface area contributed by atoms with E-state index in [4.69, 9.17) is 0 Å². The van der Waals surface area contributed by atoms with E-state index in [0.29, 0.717) is 29.9 Å². The molecule has 12 nitrogen and oxygen atoms in total. The number of likely N-dealkylation sites (tertiary alicyclic amines) is 1. The number of fused-ring (bicyclic) bond motifs is 1. The molecule has 1 unspecified atom stereocenters. The van der Waals surface area contributed by atoms with Crippen molar-refractivity contribution in [3.63, 3.8) is 0 Å². The molecule has 2 saturated heterocycles. The number of aromatic nitrogens is 4. The fraction of sp³-hybridized carbons (Fsp3) is 0.516. The monoisotopic (exact) mass is 675 g/mol. The van der Waals surface area contributed by atoms with E-state index in [1.165, 1.54) is 11.6 Å². The van der Waals surface area contributed by atoms with Crippen LogP contribution in [0.4, 0.5) is 32.4 Å². The highest BCUT2D eigenvalue weighted by Gasteiger charge is 2.58. The fourth-order valence-electron chi connectivity index (χ4n) is 6.84. The summed E-state index contributed by atoms with van der Waals surface area (Å²) in [5.74, 6) is -4.77. The first-order chi connectivity index (χ1) is 22.7. The highest BCUT2D eigenvalue weighted by atomic mass is 19.4. The first-order valence-corrected chi connectivity index (χ1v) is 15.7. The number of alkyl halides is 5. The summed E-state index contributed by atoms with van der Waals surface area (Å²) in [7, 11) is 1.37. The number of nitrogens with one attached hydrogen (secondary N) is 4. The topological polar surface area (TPSA) is 138 Å². The van der Waals surface area contributed by atoms with Crippen LogP contribution in [0.3, 0.4) is 0 Å². The van der Waals surface area contributed by atoms with Crippen molar-refractivity contribution in [3.8, 4) is 11.3 Å². The summed E-state index contributed by atoms with van der Waals surface area (Å²) in [6, 6.07) is 4.77. The Hall–Kier alpha value is -4.54. The summed E-state index contributed by atoms with van der Waals surface area (Å²) in [6.45, 7) is 4.17. The summed E-state index contributed by atoms with van der Waals surface area (Å²) >= 11 is 0. The zero-order valence-corrected chi connectivity index (χ0v) is 26.1. The van der Waals surface area contributed by atoms with Crippen LogP contribution in [-0.2, 0) is 19.8 Å². The smallest absolute Gasteiger partial charge is 0.349 e. The lowest BCUT2D eigenvalue weighted by Gasteiger charge is -2.23. The van der Waals surface area contributed by atoms with E-state index < -0.39 is 36.0 Å². The van der Waals surface area contributed by atoms with Crippen molar-refractivity contribution in [2.75, 3.05) is 31.5 Å². The quantitative estimate of drug-likeness (QED) is 0.271. The van der Waals surface area contributed by atoms with Gasteiger partial charge in [-0.05, 0) is 43.7 Å². The third-order valence-corrected chi connectivity index (χ3v) is 9.76. The first-order valence-electron chi connectivity index (χ1n) is 15.7. The molecule has 0 bridgehead atoms. The second kappa shape index (κ2) is 11.6. The Morgan fingerprint density at radius 3 is 2.46 bits per heavy atom. The average Bonchev–Trinajstić information content (AvgIpc) is 3.49. The maximum Gasteiger partial charge on any atom is 0.435 e. The van der Waals surface area contributed by atoms with Crippen molar-refractivity contribution < 1.29 is 36.3 Å². The number of anilines is 1.